The van der Waals surface area contributed by atoms with E-state index in [4.69, 9.17) is 4.74 Å². The van der Waals surface area contributed by atoms with Gasteiger partial charge in [-0.05, 0) is 38.3 Å². The van der Waals surface area contributed by atoms with Gasteiger partial charge in [-0.25, -0.2) is 0 Å². The van der Waals surface area contributed by atoms with Gasteiger partial charge in [-0.1, -0.05) is 32.6 Å². The van der Waals surface area contributed by atoms with E-state index in [9.17, 15) is 0 Å². The van der Waals surface area contributed by atoms with Crippen LogP contribution in [-0.2, 0) is 4.74 Å². The Morgan fingerprint density at radius 2 is 2.07 bits per heavy atom. The van der Waals surface area contributed by atoms with Crippen LogP contribution in [0.3, 0.4) is 0 Å². The minimum Gasteiger partial charge on any atom is -0.487 e. The van der Waals surface area contributed by atoms with Crippen LogP contribution in [0.1, 0.15) is 40.0 Å². The van der Waals surface area contributed by atoms with Crippen molar-refractivity contribution < 1.29 is 4.74 Å². The molecular formula is C14H22O. The fraction of sp³-hybridized carbons (Fsp3) is 0.571. The van der Waals surface area contributed by atoms with Gasteiger partial charge in [0.25, 0.3) is 0 Å². The monoisotopic (exact) mass is 206 g/mol. The highest BCUT2D eigenvalue weighted by Gasteiger charge is 2.35. The summed E-state index contributed by atoms with van der Waals surface area (Å²) in [5.41, 5.74) is 1.12. The Bertz CT molecular complexity index is 284. The summed E-state index contributed by atoms with van der Waals surface area (Å²) < 4.78 is 5.98. The van der Waals surface area contributed by atoms with Crippen LogP contribution in [0.15, 0.2) is 36.6 Å². The summed E-state index contributed by atoms with van der Waals surface area (Å²) in [6, 6.07) is 0. The van der Waals surface area contributed by atoms with Crippen LogP contribution in [-0.4, -0.2) is 5.60 Å². The summed E-state index contributed by atoms with van der Waals surface area (Å²) in [7, 11) is 0. The molecule has 0 aliphatic carbocycles. The quantitative estimate of drug-likeness (QED) is 0.669. The molecule has 1 unspecified atom stereocenters. The van der Waals surface area contributed by atoms with Gasteiger partial charge in [0.15, 0.2) is 0 Å². The first kappa shape index (κ1) is 12.1. The smallest absolute Gasteiger partial charge is 0.122 e. The Morgan fingerprint density at radius 3 is 2.53 bits per heavy atom. The van der Waals surface area contributed by atoms with Crippen LogP contribution in [0.25, 0.3) is 0 Å². The Hall–Kier alpha value is -0.980. The van der Waals surface area contributed by atoms with Crippen molar-refractivity contribution in [2.75, 3.05) is 0 Å². The predicted octanol–water partition coefficient (Wildman–Crippen LogP) is 4.23. The maximum atomic E-state index is 5.98. The molecule has 0 N–H and O–H groups in total. The molecule has 1 aliphatic heterocycles. The van der Waals surface area contributed by atoms with Crippen molar-refractivity contribution in [2.45, 2.75) is 45.6 Å². The SMILES string of the molecule is C=CC1=C(C=C)OC(C)(C)C(CCC)C1. The van der Waals surface area contributed by atoms with Crippen molar-refractivity contribution in [2.24, 2.45) is 5.92 Å². The predicted molar refractivity (Wildman–Crippen MR) is 65.6 cm³/mol. The summed E-state index contributed by atoms with van der Waals surface area (Å²) in [4.78, 5) is 0. The molecule has 1 heterocycles. The lowest BCUT2D eigenvalue weighted by molar-refractivity contribution is -0.0298. The van der Waals surface area contributed by atoms with Crippen molar-refractivity contribution in [3.63, 3.8) is 0 Å². The molecule has 1 atom stereocenters. The minimum absolute atomic E-state index is 0.0773. The largest absolute Gasteiger partial charge is 0.487 e. The summed E-state index contributed by atoms with van der Waals surface area (Å²) in [6.07, 6.45) is 7.15. The molecular weight excluding hydrogens is 184 g/mol. The Kier molecular flexibility index (Phi) is 3.78. The van der Waals surface area contributed by atoms with Crippen molar-refractivity contribution in [3.05, 3.63) is 36.6 Å². The molecule has 1 rings (SSSR count). The molecule has 0 spiro atoms. The van der Waals surface area contributed by atoms with E-state index in [1.807, 2.05) is 6.08 Å². The average Bonchev–Trinajstić information content (AvgIpc) is 2.20. The van der Waals surface area contributed by atoms with E-state index in [-0.39, 0.29) is 5.60 Å². The van der Waals surface area contributed by atoms with Crippen LogP contribution < -0.4 is 0 Å². The molecule has 0 bridgehead atoms. The standard InChI is InChI=1S/C14H22O/c1-6-9-12-10-11(7-2)13(8-3)15-14(12,4)5/h7-8,12H,2-3,6,9-10H2,1,4-5H3. The molecule has 84 valence electrons. The number of rotatable bonds is 4. The van der Waals surface area contributed by atoms with Crippen LogP contribution in [0, 0.1) is 5.92 Å². The van der Waals surface area contributed by atoms with Crippen molar-refractivity contribution in [1.29, 1.82) is 0 Å². The first-order valence-electron chi connectivity index (χ1n) is 5.72. The zero-order valence-corrected chi connectivity index (χ0v) is 10.2. The van der Waals surface area contributed by atoms with Gasteiger partial charge in [0.2, 0.25) is 0 Å². The molecule has 1 nitrogen and oxygen atoms in total. The number of hydrogen-bond donors (Lipinski definition) is 0. The van der Waals surface area contributed by atoms with E-state index in [0.717, 1.165) is 12.2 Å². The highest BCUT2D eigenvalue weighted by atomic mass is 16.5. The molecule has 0 aromatic carbocycles. The lowest BCUT2D eigenvalue weighted by Gasteiger charge is -2.40. The van der Waals surface area contributed by atoms with E-state index >= 15 is 0 Å². The van der Waals surface area contributed by atoms with E-state index in [1.54, 1.807) is 6.08 Å². The normalized spacial score (nSPS) is 24.6. The van der Waals surface area contributed by atoms with Gasteiger partial charge in [-0.3, -0.25) is 0 Å². The highest BCUT2D eigenvalue weighted by molar-refractivity contribution is 5.30. The molecule has 15 heavy (non-hydrogen) atoms. The fourth-order valence-corrected chi connectivity index (χ4v) is 2.20. The van der Waals surface area contributed by atoms with Gasteiger partial charge in [0.1, 0.15) is 11.4 Å². The second kappa shape index (κ2) is 4.69. The lowest BCUT2D eigenvalue weighted by atomic mass is 9.79. The third kappa shape index (κ3) is 2.53. The molecule has 0 saturated heterocycles. The van der Waals surface area contributed by atoms with E-state index in [1.165, 1.54) is 18.4 Å². The molecule has 0 aromatic heterocycles. The molecule has 0 radical (unpaired) electrons. The Morgan fingerprint density at radius 1 is 1.40 bits per heavy atom. The average molecular weight is 206 g/mol. The molecule has 0 aromatic rings. The second-order valence-electron chi connectivity index (χ2n) is 4.69. The first-order chi connectivity index (χ1) is 7.05. The third-order valence-corrected chi connectivity index (χ3v) is 3.21. The molecule has 0 fully saturated rings. The minimum atomic E-state index is -0.0773. The molecule has 0 amide bonds. The number of hydrogen-bond acceptors (Lipinski definition) is 1. The van der Waals surface area contributed by atoms with Gasteiger partial charge in [0, 0.05) is 5.92 Å². The van der Waals surface area contributed by atoms with Crippen molar-refractivity contribution in [1.82, 2.24) is 0 Å². The van der Waals surface area contributed by atoms with Crippen molar-refractivity contribution in [3.8, 4) is 0 Å². The van der Waals surface area contributed by atoms with Crippen molar-refractivity contribution >= 4 is 0 Å². The fourth-order valence-electron chi connectivity index (χ4n) is 2.20. The van der Waals surface area contributed by atoms with Crippen LogP contribution in [0.2, 0.25) is 0 Å². The van der Waals surface area contributed by atoms with Crippen LogP contribution >= 0.6 is 0 Å². The van der Waals surface area contributed by atoms with Crippen LogP contribution in [0.5, 0.6) is 0 Å². The number of ether oxygens (including phenoxy) is 1. The zero-order chi connectivity index (χ0) is 11.5. The summed E-state index contributed by atoms with van der Waals surface area (Å²) in [6.45, 7) is 14.2. The van der Waals surface area contributed by atoms with Gasteiger partial charge >= 0.3 is 0 Å². The van der Waals surface area contributed by atoms with Gasteiger partial charge in [0.05, 0.1) is 0 Å². The summed E-state index contributed by atoms with van der Waals surface area (Å²) in [5, 5.41) is 0. The van der Waals surface area contributed by atoms with E-state index in [0.29, 0.717) is 5.92 Å². The Labute approximate surface area is 93.5 Å². The first-order valence-corrected chi connectivity index (χ1v) is 5.72. The maximum absolute atomic E-state index is 5.98. The maximum Gasteiger partial charge on any atom is 0.122 e. The second-order valence-corrected chi connectivity index (χ2v) is 4.69. The topological polar surface area (TPSA) is 9.23 Å². The van der Waals surface area contributed by atoms with Crippen LogP contribution in [0.4, 0.5) is 0 Å². The summed E-state index contributed by atoms with van der Waals surface area (Å²) >= 11 is 0. The Balaban J connectivity index is 2.95. The highest BCUT2D eigenvalue weighted by Crippen LogP contribution is 2.39. The van der Waals surface area contributed by atoms with Gasteiger partial charge in [-0.2, -0.15) is 0 Å². The van der Waals surface area contributed by atoms with E-state index in [2.05, 4.69) is 33.9 Å². The van der Waals surface area contributed by atoms with E-state index < -0.39 is 0 Å². The third-order valence-electron chi connectivity index (χ3n) is 3.21. The lowest BCUT2D eigenvalue weighted by Crippen LogP contribution is -2.37. The zero-order valence-electron chi connectivity index (χ0n) is 10.2. The molecule has 1 aliphatic rings. The number of allylic oxidation sites excluding steroid dienone is 3. The molecule has 1 heteroatoms. The van der Waals surface area contributed by atoms with Gasteiger partial charge < -0.3 is 4.74 Å². The van der Waals surface area contributed by atoms with Gasteiger partial charge in [-0.15, -0.1) is 0 Å². The molecule has 0 saturated carbocycles. The summed E-state index contributed by atoms with van der Waals surface area (Å²) in [5.74, 6) is 1.49.